The molecule has 0 saturated carbocycles. The van der Waals surface area contributed by atoms with Crippen molar-refractivity contribution in [1.82, 2.24) is 0 Å². The van der Waals surface area contributed by atoms with Crippen molar-refractivity contribution in [2.45, 2.75) is 33.2 Å². The quantitative estimate of drug-likeness (QED) is 0.432. The van der Waals surface area contributed by atoms with Crippen molar-refractivity contribution in [3.05, 3.63) is 11.6 Å². The van der Waals surface area contributed by atoms with Gasteiger partial charge in [-0.05, 0) is 12.3 Å². The van der Waals surface area contributed by atoms with Gasteiger partial charge in [0, 0.05) is 0 Å². The Morgan fingerprint density at radius 1 is 1.41 bits per heavy atom. The second-order valence-corrected chi connectivity index (χ2v) is 6.51. The SMILES string of the molecule is C/C(=C/C(C)(C)C)C(N)(CO)COP(=O)(O)O. The fraction of sp³-hybridized carbons (Fsp3) is 0.800. The van der Waals surface area contributed by atoms with Gasteiger partial charge in [-0.2, -0.15) is 0 Å². The first kappa shape index (κ1) is 16.8. The number of rotatable bonds is 5. The fourth-order valence-electron chi connectivity index (χ4n) is 1.28. The standard InChI is InChI=1S/C10H22NO5P/c1-8(5-9(2,3)4)10(11,6-12)7-16-17(13,14)15/h5,12H,6-7,11H2,1-4H3,(H2,13,14,15)/b8-5-. The van der Waals surface area contributed by atoms with E-state index in [0.29, 0.717) is 5.57 Å². The van der Waals surface area contributed by atoms with E-state index in [0.717, 1.165) is 0 Å². The molecule has 0 spiro atoms. The van der Waals surface area contributed by atoms with Crippen molar-refractivity contribution in [2.75, 3.05) is 13.2 Å². The minimum absolute atomic E-state index is 0.147. The highest BCUT2D eigenvalue weighted by Gasteiger charge is 2.31. The van der Waals surface area contributed by atoms with Crippen LogP contribution in [0.15, 0.2) is 11.6 Å². The molecule has 6 nitrogen and oxygen atoms in total. The van der Waals surface area contributed by atoms with Crippen molar-refractivity contribution in [2.24, 2.45) is 11.1 Å². The van der Waals surface area contributed by atoms with Gasteiger partial charge in [0.15, 0.2) is 0 Å². The Hall–Kier alpha value is -0.230. The minimum Gasteiger partial charge on any atom is -0.394 e. The molecule has 17 heavy (non-hydrogen) atoms. The number of phosphoric acid groups is 1. The van der Waals surface area contributed by atoms with Gasteiger partial charge >= 0.3 is 7.82 Å². The van der Waals surface area contributed by atoms with E-state index in [1.165, 1.54) is 0 Å². The molecule has 0 aliphatic heterocycles. The van der Waals surface area contributed by atoms with E-state index in [9.17, 15) is 9.67 Å². The van der Waals surface area contributed by atoms with Gasteiger partial charge in [-0.1, -0.05) is 32.4 Å². The molecule has 0 radical (unpaired) electrons. The van der Waals surface area contributed by atoms with Crippen molar-refractivity contribution in [3.63, 3.8) is 0 Å². The number of allylic oxidation sites excluding steroid dienone is 1. The number of nitrogens with two attached hydrogens (primary N) is 1. The van der Waals surface area contributed by atoms with E-state index in [4.69, 9.17) is 15.5 Å². The fourth-order valence-corrected chi connectivity index (χ4v) is 1.68. The van der Waals surface area contributed by atoms with E-state index < -0.39 is 26.6 Å². The molecule has 0 saturated heterocycles. The lowest BCUT2D eigenvalue weighted by atomic mass is 9.86. The molecular formula is C10H22NO5P. The molecule has 5 N–H and O–H groups in total. The Morgan fingerprint density at radius 3 is 2.18 bits per heavy atom. The molecule has 1 atom stereocenters. The zero-order chi connectivity index (χ0) is 13.9. The predicted octanol–water partition coefficient (Wildman–Crippen LogP) is 0.778. The number of aliphatic hydroxyl groups is 1. The van der Waals surface area contributed by atoms with E-state index in [2.05, 4.69) is 4.52 Å². The Labute approximate surface area is 102 Å². The van der Waals surface area contributed by atoms with E-state index >= 15 is 0 Å². The molecular weight excluding hydrogens is 245 g/mol. The molecule has 0 aromatic carbocycles. The molecule has 0 bridgehead atoms. The second-order valence-electron chi connectivity index (χ2n) is 5.27. The average molecular weight is 267 g/mol. The van der Waals surface area contributed by atoms with Crippen LogP contribution in [-0.4, -0.2) is 33.6 Å². The molecule has 0 rings (SSSR count). The maximum Gasteiger partial charge on any atom is 0.469 e. The Morgan fingerprint density at radius 2 is 1.88 bits per heavy atom. The Balaban J connectivity index is 4.91. The van der Waals surface area contributed by atoms with Crippen LogP contribution >= 0.6 is 7.82 Å². The van der Waals surface area contributed by atoms with Gasteiger partial charge in [-0.15, -0.1) is 0 Å². The van der Waals surface area contributed by atoms with Gasteiger partial charge in [0.25, 0.3) is 0 Å². The van der Waals surface area contributed by atoms with Gasteiger partial charge < -0.3 is 20.6 Å². The van der Waals surface area contributed by atoms with Crippen LogP contribution in [0.1, 0.15) is 27.7 Å². The molecule has 0 aliphatic carbocycles. The predicted molar refractivity (Wildman–Crippen MR) is 65.2 cm³/mol. The Kier molecular flexibility index (Phi) is 5.53. The summed E-state index contributed by atoms with van der Waals surface area (Å²) in [7, 11) is -4.58. The van der Waals surface area contributed by atoms with Gasteiger partial charge in [0.05, 0.1) is 18.8 Å². The number of hydrogen-bond acceptors (Lipinski definition) is 4. The summed E-state index contributed by atoms with van der Waals surface area (Å²) >= 11 is 0. The lowest BCUT2D eigenvalue weighted by Gasteiger charge is -2.30. The molecule has 0 heterocycles. The van der Waals surface area contributed by atoms with Crippen LogP contribution < -0.4 is 5.73 Å². The summed E-state index contributed by atoms with van der Waals surface area (Å²) in [6, 6.07) is 0. The van der Waals surface area contributed by atoms with E-state index in [1.54, 1.807) is 6.92 Å². The molecule has 102 valence electrons. The van der Waals surface area contributed by atoms with Crippen LogP contribution in [0.3, 0.4) is 0 Å². The van der Waals surface area contributed by atoms with Crippen molar-refractivity contribution in [3.8, 4) is 0 Å². The third-order valence-electron chi connectivity index (χ3n) is 2.21. The molecule has 0 fully saturated rings. The summed E-state index contributed by atoms with van der Waals surface area (Å²) in [6.45, 7) is 6.68. The summed E-state index contributed by atoms with van der Waals surface area (Å²) in [4.78, 5) is 17.2. The Bertz CT molecular complexity index is 330. The highest BCUT2D eigenvalue weighted by Crippen LogP contribution is 2.37. The molecule has 0 aromatic heterocycles. The van der Waals surface area contributed by atoms with E-state index in [-0.39, 0.29) is 5.41 Å². The first-order valence-corrected chi connectivity index (χ1v) is 6.72. The van der Waals surface area contributed by atoms with Gasteiger partial charge in [0.2, 0.25) is 0 Å². The summed E-state index contributed by atoms with van der Waals surface area (Å²) in [6.07, 6.45) is 1.84. The van der Waals surface area contributed by atoms with Crippen LogP contribution in [0.25, 0.3) is 0 Å². The minimum atomic E-state index is -4.58. The zero-order valence-corrected chi connectivity index (χ0v) is 11.6. The summed E-state index contributed by atoms with van der Waals surface area (Å²) in [5, 5.41) is 9.25. The maximum atomic E-state index is 10.6. The number of phosphoric ester groups is 1. The van der Waals surface area contributed by atoms with Crippen molar-refractivity contribution >= 4 is 7.82 Å². The average Bonchev–Trinajstić information content (AvgIpc) is 2.10. The highest BCUT2D eigenvalue weighted by atomic mass is 31.2. The van der Waals surface area contributed by atoms with Crippen LogP contribution in [0, 0.1) is 5.41 Å². The normalized spacial score (nSPS) is 18.0. The zero-order valence-electron chi connectivity index (χ0n) is 10.7. The van der Waals surface area contributed by atoms with Crippen LogP contribution in [-0.2, 0) is 9.09 Å². The third-order valence-corrected chi connectivity index (χ3v) is 2.67. The van der Waals surface area contributed by atoms with Gasteiger partial charge in [-0.25, -0.2) is 4.57 Å². The van der Waals surface area contributed by atoms with Gasteiger partial charge in [-0.3, -0.25) is 4.52 Å². The smallest absolute Gasteiger partial charge is 0.394 e. The highest BCUT2D eigenvalue weighted by molar-refractivity contribution is 7.46. The monoisotopic (exact) mass is 267 g/mol. The lowest BCUT2D eigenvalue weighted by molar-refractivity contribution is 0.125. The molecule has 0 amide bonds. The molecule has 0 aliphatic rings. The van der Waals surface area contributed by atoms with Crippen molar-refractivity contribution in [1.29, 1.82) is 0 Å². The van der Waals surface area contributed by atoms with Gasteiger partial charge in [0.1, 0.15) is 0 Å². The third kappa shape index (κ3) is 6.93. The van der Waals surface area contributed by atoms with Crippen LogP contribution in [0.4, 0.5) is 0 Å². The number of aliphatic hydroxyl groups excluding tert-OH is 1. The second kappa shape index (κ2) is 5.61. The van der Waals surface area contributed by atoms with E-state index in [1.807, 2.05) is 26.8 Å². The first-order valence-electron chi connectivity index (χ1n) is 5.19. The lowest BCUT2D eigenvalue weighted by Crippen LogP contribution is -2.49. The summed E-state index contributed by atoms with van der Waals surface area (Å²) < 4.78 is 15.0. The maximum absolute atomic E-state index is 10.6. The number of hydrogen-bond donors (Lipinski definition) is 4. The topological polar surface area (TPSA) is 113 Å². The largest absolute Gasteiger partial charge is 0.469 e. The van der Waals surface area contributed by atoms with Crippen LogP contribution in [0.2, 0.25) is 0 Å². The van der Waals surface area contributed by atoms with Crippen molar-refractivity contribution < 1.29 is 24.0 Å². The first-order chi connectivity index (χ1) is 7.40. The van der Waals surface area contributed by atoms with Crippen LogP contribution in [0.5, 0.6) is 0 Å². The summed E-state index contributed by atoms with van der Waals surface area (Å²) in [5.74, 6) is 0. The molecule has 7 heteroatoms. The summed E-state index contributed by atoms with van der Waals surface area (Å²) in [5.41, 5.74) is 5.06. The molecule has 1 unspecified atom stereocenters. The molecule has 0 aromatic rings.